The lowest BCUT2D eigenvalue weighted by molar-refractivity contribution is -0.402. The van der Waals surface area contributed by atoms with Crippen molar-refractivity contribution in [1.29, 1.82) is 0 Å². The third kappa shape index (κ3) is 2.86. The fourth-order valence-electron chi connectivity index (χ4n) is 1.69. The van der Waals surface area contributed by atoms with Gasteiger partial charge in [-0.1, -0.05) is 35.5 Å². The lowest BCUT2D eigenvalue weighted by Crippen LogP contribution is -1.82. The van der Waals surface area contributed by atoms with Crippen LogP contribution in [-0.2, 0) is 0 Å². The van der Waals surface area contributed by atoms with Crippen molar-refractivity contribution in [2.24, 2.45) is 0 Å². The van der Waals surface area contributed by atoms with Crippen LogP contribution in [0, 0.1) is 10.1 Å². The van der Waals surface area contributed by atoms with E-state index in [-0.39, 0.29) is 11.8 Å². The predicted molar refractivity (Wildman–Crippen MR) is 74.0 cm³/mol. The summed E-state index contributed by atoms with van der Waals surface area (Å²) in [5.41, 5.74) is 0.842. The third-order valence-corrected chi connectivity index (χ3v) is 2.66. The van der Waals surface area contributed by atoms with E-state index < -0.39 is 4.92 Å². The molecule has 0 aliphatic heterocycles. The van der Waals surface area contributed by atoms with Crippen LogP contribution >= 0.6 is 0 Å². The van der Waals surface area contributed by atoms with Gasteiger partial charge in [0.25, 0.3) is 5.89 Å². The molecule has 0 saturated heterocycles. The van der Waals surface area contributed by atoms with Crippen LogP contribution in [0.4, 0.5) is 5.88 Å². The van der Waals surface area contributed by atoms with E-state index in [1.165, 1.54) is 24.3 Å². The summed E-state index contributed by atoms with van der Waals surface area (Å²) in [5.74, 6) is 0.778. The molecule has 0 fully saturated rings. The van der Waals surface area contributed by atoms with Crippen molar-refractivity contribution in [1.82, 2.24) is 10.1 Å². The molecule has 7 heteroatoms. The molecule has 0 saturated carbocycles. The van der Waals surface area contributed by atoms with Crippen molar-refractivity contribution in [3.63, 3.8) is 0 Å². The molecule has 7 nitrogen and oxygen atoms in total. The van der Waals surface area contributed by atoms with Crippen LogP contribution in [0.1, 0.15) is 11.7 Å². The van der Waals surface area contributed by atoms with Gasteiger partial charge in [0.05, 0.1) is 6.07 Å². The Kier molecular flexibility index (Phi) is 3.30. The maximum absolute atomic E-state index is 10.5. The number of rotatable bonds is 4. The summed E-state index contributed by atoms with van der Waals surface area (Å²) >= 11 is 0. The SMILES string of the molecule is O=[N+]([O-])c1ccc(/C=C/c2nc(-c3ccccc3)no2)o1. The van der Waals surface area contributed by atoms with Gasteiger partial charge in [-0.3, -0.25) is 10.1 Å². The van der Waals surface area contributed by atoms with Gasteiger partial charge in [0.2, 0.25) is 5.82 Å². The molecule has 0 unspecified atom stereocenters. The van der Waals surface area contributed by atoms with Crippen molar-refractivity contribution < 1.29 is 13.9 Å². The van der Waals surface area contributed by atoms with Gasteiger partial charge in [-0.25, -0.2) is 0 Å². The minimum absolute atomic E-state index is 0.285. The van der Waals surface area contributed by atoms with Gasteiger partial charge in [-0.05, 0) is 12.1 Å². The number of nitrogens with zero attached hydrogens (tertiary/aromatic N) is 3. The largest absolute Gasteiger partial charge is 0.433 e. The highest BCUT2D eigenvalue weighted by molar-refractivity contribution is 5.64. The van der Waals surface area contributed by atoms with Gasteiger partial charge in [-0.2, -0.15) is 4.98 Å². The quantitative estimate of drug-likeness (QED) is 0.537. The molecular weight excluding hydrogens is 274 g/mol. The molecule has 1 aromatic carbocycles. The molecule has 0 aliphatic rings. The van der Waals surface area contributed by atoms with Crippen LogP contribution < -0.4 is 0 Å². The topological polar surface area (TPSA) is 95.2 Å². The Balaban J connectivity index is 1.77. The standard InChI is InChI=1S/C14H9N3O4/c18-17(19)13-9-7-11(20-13)6-8-12-15-14(16-21-12)10-4-2-1-3-5-10/h1-9H/b8-6+. The van der Waals surface area contributed by atoms with Crippen LogP contribution in [0.25, 0.3) is 23.5 Å². The summed E-state index contributed by atoms with van der Waals surface area (Å²) in [4.78, 5) is 14.1. The molecule has 0 radical (unpaired) electrons. The van der Waals surface area contributed by atoms with Crippen molar-refractivity contribution >= 4 is 18.0 Å². The lowest BCUT2D eigenvalue weighted by Gasteiger charge is -1.89. The second-order valence-electron chi connectivity index (χ2n) is 4.09. The second-order valence-corrected chi connectivity index (χ2v) is 4.09. The zero-order chi connectivity index (χ0) is 14.7. The number of benzene rings is 1. The number of furan rings is 1. The Morgan fingerprint density at radius 3 is 2.62 bits per heavy atom. The fraction of sp³-hybridized carbons (Fsp3) is 0. The van der Waals surface area contributed by atoms with E-state index in [4.69, 9.17) is 8.94 Å². The summed E-state index contributed by atoms with van der Waals surface area (Å²) in [6, 6.07) is 12.2. The number of nitro groups is 1. The highest BCUT2D eigenvalue weighted by atomic mass is 16.6. The number of hydrogen-bond donors (Lipinski definition) is 0. The summed E-state index contributed by atoms with van der Waals surface area (Å²) in [7, 11) is 0. The molecule has 0 atom stereocenters. The van der Waals surface area contributed by atoms with E-state index >= 15 is 0 Å². The van der Waals surface area contributed by atoms with E-state index in [2.05, 4.69) is 10.1 Å². The molecule has 21 heavy (non-hydrogen) atoms. The zero-order valence-electron chi connectivity index (χ0n) is 10.7. The van der Waals surface area contributed by atoms with E-state index in [1.54, 1.807) is 0 Å². The Hall–Kier alpha value is -3.22. The highest BCUT2D eigenvalue weighted by Gasteiger charge is 2.10. The molecule has 3 rings (SSSR count). The third-order valence-electron chi connectivity index (χ3n) is 2.66. The van der Waals surface area contributed by atoms with Crippen LogP contribution in [0.3, 0.4) is 0 Å². The van der Waals surface area contributed by atoms with Crippen LogP contribution in [0.5, 0.6) is 0 Å². The fourth-order valence-corrected chi connectivity index (χ4v) is 1.69. The van der Waals surface area contributed by atoms with Gasteiger partial charge >= 0.3 is 5.88 Å². The monoisotopic (exact) mass is 283 g/mol. The normalized spacial score (nSPS) is 11.0. The molecule has 0 bridgehead atoms. The zero-order valence-corrected chi connectivity index (χ0v) is 10.7. The number of aromatic nitrogens is 2. The molecule has 3 aromatic rings. The van der Waals surface area contributed by atoms with Gasteiger partial charge in [0.15, 0.2) is 0 Å². The van der Waals surface area contributed by atoms with Gasteiger partial charge in [0.1, 0.15) is 10.7 Å². The minimum Gasteiger partial charge on any atom is -0.401 e. The van der Waals surface area contributed by atoms with Gasteiger partial charge in [0, 0.05) is 11.6 Å². The first kappa shape index (κ1) is 12.8. The smallest absolute Gasteiger partial charge is 0.401 e. The molecule has 0 spiro atoms. The first-order chi connectivity index (χ1) is 10.2. The first-order valence-corrected chi connectivity index (χ1v) is 6.04. The average molecular weight is 283 g/mol. The van der Waals surface area contributed by atoms with Crippen molar-refractivity contribution in [3.05, 3.63) is 64.2 Å². The first-order valence-electron chi connectivity index (χ1n) is 6.04. The van der Waals surface area contributed by atoms with E-state index in [0.717, 1.165) is 5.56 Å². The van der Waals surface area contributed by atoms with Crippen molar-refractivity contribution in [2.45, 2.75) is 0 Å². The van der Waals surface area contributed by atoms with Crippen molar-refractivity contribution in [2.75, 3.05) is 0 Å². The summed E-state index contributed by atoms with van der Waals surface area (Å²) in [6.07, 6.45) is 3.05. The average Bonchev–Trinajstić information content (AvgIpc) is 3.15. The van der Waals surface area contributed by atoms with E-state index in [9.17, 15) is 10.1 Å². The summed E-state index contributed by atoms with van der Waals surface area (Å²) in [6.45, 7) is 0. The molecule has 2 heterocycles. The highest BCUT2D eigenvalue weighted by Crippen LogP contribution is 2.19. The molecule has 104 valence electrons. The van der Waals surface area contributed by atoms with Crippen LogP contribution in [-0.4, -0.2) is 15.1 Å². The maximum atomic E-state index is 10.5. The minimum atomic E-state index is -0.600. The van der Waals surface area contributed by atoms with Crippen molar-refractivity contribution in [3.8, 4) is 11.4 Å². The summed E-state index contributed by atoms with van der Waals surface area (Å²) in [5, 5.41) is 14.4. The summed E-state index contributed by atoms with van der Waals surface area (Å²) < 4.78 is 10.1. The molecule has 0 N–H and O–H groups in total. The number of hydrogen-bond acceptors (Lipinski definition) is 6. The second kappa shape index (κ2) is 5.41. The Morgan fingerprint density at radius 1 is 1.10 bits per heavy atom. The van der Waals surface area contributed by atoms with Crippen LogP contribution in [0.15, 0.2) is 51.4 Å². The van der Waals surface area contributed by atoms with E-state index in [0.29, 0.717) is 11.6 Å². The molecule has 0 amide bonds. The Morgan fingerprint density at radius 2 is 1.90 bits per heavy atom. The van der Waals surface area contributed by atoms with Crippen LogP contribution in [0.2, 0.25) is 0 Å². The predicted octanol–water partition coefficient (Wildman–Crippen LogP) is 3.41. The van der Waals surface area contributed by atoms with Gasteiger partial charge in [-0.15, -0.1) is 0 Å². The molecule has 2 aromatic heterocycles. The Bertz CT molecular complexity index is 789. The molecule has 0 aliphatic carbocycles. The molecular formula is C14H9N3O4. The maximum Gasteiger partial charge on any atom is 0.433 e. The van der Waals surface area contributed by atoms with E-state index in [1.807, 2.05) is 30.3 Å². The Labute approximate surface area is 118 Å². The van der Waals surface area contributed by atoms with Gasteiger partial charge < -0.3 is 8.94 Å². The lowest BCUT2D eigenvalue weighted by atomic mass is 10.2.